The fourth-order valence-corrected chi connectivity index (χ4v) is 3.19. The van der Waals surface area contributed by atoms with E-state index in [-0.39, 0.29) is 44.4 Å². The van der Waals surface area contributed by atoms with Crippen LogP contribution in [0.25, 0.3) is 11.0 Å². The van der Waals surface area contributed by atoms with Gasteiger partial charge >= 0.3 is 17.9 Å². The third-order valence-corrected chi connectivity index (χ3v) is 6.38. The van der Waals surface area contributed by atoms with Crippen LogP contribution in [-0.2, 0) is 28.7 Å². The Labute approximate surface area is 306 Å². The molecule has 20 heteroatoms. The lowest BCUT2D eigenvalue weighted by Crippen LogP contribution is -3.00. The van der Waals surface area contributed by atoms with E-state index in [0.29, 0.717) is 11.0 Å². The molecule has 0 saturated carbocycles. The number of aliphatic hydroxyl groups is 4. The van der Waals surface area contributed by atoms with E-state index >= 15 is 0 Å². The van der Waals surface area contributed by atoms with E-state index in [1.807, 2.05) is 12.1 Å². The van der Waals surface area contributed by atoms with Gasteiger partial charge in [-0.05, 0) is 51.1 Å². The van der Waals surface area contributed by atoms with Crippen molar-refractivity contribution >= 4 is 34.7 Å². The van der Waals surface area contributed by atoms with E-state index in [0.717, 1.165) is 4.85 Å². The Balaban J connectivity index is -0.000000177. The molecule has 0 amide bonds. The molecule has 2 rings (SSSR count). The zero-order valence-electron chi connectivity index (χ0n) is 31.4. The number of ketones is 1. The van der Waals surface area contributed by atoms with Crippen LogP contribution in [0.2, 0.25) is 0 Å². The number of Topliss-reactive ketones (excluding diaryl/α,β-unsaturated/α-hetero) is 1. The Kier molecular flexibility index (Phi) is 39.3. The van der Waals surface area contributed by atoms with Crippen molar-refractivity contribution in [3.05, 3.63) is 24.3 Å². The maximum atomic E-state index is 11.5. The van der Waals surface area contributed by atoms with Crippen molar-refractivity contribution < 1.29 is 78.9 Å². The normalized spacial score (nSPS) is 12.0. The highest BCUT2D eigenvalue weighted by molar-refractivity contribution is 5.88. The summed E-state index contributed by atoms with van der Waals surface area (Å²) >= 11 is 0. The number of benzene rings is 1. The Hall–Kier alpha value is -3.97. The van der Waals surface area contributed by atoms with Gasteiger partial charge in [0.15, 0.2) is 5.78 Å². The summed E-state index contributed by atoms with van der Waals surface area (Å²) in [7, 11) is 5.47. The van der Waals surface area contributed by atoms with Crippen molar-refractivity contribution in [1.82, 2.24) is 30.7 Å². The van der Waals surface area contributed by atoms with Gasteiger partial charge in [-0.3, -0.25) is 14.4 Å². The average Bonchev–Trinajstić information content (AvgIpc) is 3.52. The van der Waals surface area contributed by atoms with Crippen molar-refractivity contribution in [3.8, 4) is 12.8 Å². The molecule has 4 atom stereocenters. The monoisotopic (exact) mass is 756 g/mol. The molecule has 11 N–H and O–H groups in total. The summed E-state index contributed by atoms with van der Waals surface area (Å²) in [5.74, 6) is -3.32. The van der Waals surface area contributed by atoms with E-state index in [1.54, 1.807) is 12.1 Å². The first-order valence-electron chi connectivity index (χ1n) is 15.8. The number of carboxylic acid groups (broad SMARTS) is 1. The van der Waals surface area contributed by atoms with Crippen LogP contribution in [-0.4, -0.2) is 167 Å². The zero-order chi connectivity index (χ0) is 40.4. The van der Waals surface area contributed by atoms with Gasteiger partial charge in [0.1, 0.15) is 25.1 Å². The number of carboxylic acids is 1. The summed E-state index contributed by atoms with van der Waals surface area (Å²) < 4.78 is 14.4. The van der Waals surface area contributed by atoms with Crippen molar-refractivity contribution in [2.45, 2.75) is 45.3 Å². The number of methoxy groups -OCH3 is 2. The van der Waals surface area contributed by atoms with Crippen molar-refractivity contribution in [1.29, 1.82) is 0 Å². The van der Waals surface area contributed by atoms with E-state index in [1.165, 1.54) is 54.3 Å². The number of hydrogen-bond acceptors (Lipinski definition) is 16. The van der Waals surface area contributed by atoms with E-state index < -0.39 is 48.6 Å². The van der Waals surface area contributed by atoms with Crippen molar-refractivity contribution in [2.75, 3.05) is 74.4 Å². The number of fused-ring (bicyclic) bond motifs is 1. The molecule has 2 unspecified atom stereocenters. The number of nitrogens with one attached hydrogen (secondary N) is 2. The van der Waals surface area contributed by atoms with Crippen LogP contribution in [0, 0.1) is 18.7 Å². The Bertz CT molecular complexity index is 1220. The Morgan fingerprint density at radius 3 is 1.67 bits per heavy atom. The predicted molar refractivity (Wildman–Crippen MR) is 184 cm³/mol. The number of quaternary nitrogens is 1. The van der Waals surface area contributed by atoms with E-state index in [2.05, 4.69) is 68.2 Å². The molecular weight excluding hydrogens is 698 g/mol. The number of aliphatic hydroxyl groups excluding tert-OH is 4. The van der Waals surface area contributed by atoms with E-state index in [4.69, 9.17) is 32.1 Å². The number of terminal acetylenes is 1. The number of para-hydroxylation sites is 1. The molecular formula is C31H58ClN7O12. The van der Waals surface area contributed by atoms with Crippen LogP contribution < -0.4 is 28.8 Å². The fraction of sp³-hybridized carbons (Fsp3) is 0.613. The molecule has 2 aromatic rings. The van der Waals surface area contributed by atoms with Crippen LogP contribution in [0.15, 0.2) is 24.3 Å². The molecule has 51 heavy (non-hydrogen) atoms. The van der Waals surface area contributed by atoms with Crippen LogP contribution in [0.4, 0.5) is 0 Å². The van der Waals surface area contributed by atoms with Gasteiger partial charge in [0.25, 0.3) is 0 Å². The smallest absolute Gasteiger partial charge is 0.366 e. The number of esters is 2. The molecule has 1 aromatic heterocycles. The zero-order valence-corrected chi connectivity index (χ0v) is 31.1. The molecule has 1 aromatic carbocycles. The van der Waals surface area contributed by atoms with E-state index in [9.17, 15) is 19.2 Å². The number of likely N-dealkylation sites (N-methyl/N-ethyl adjacent to an activating group) is 2. The molecule has 0 bridgehead atoms. The highest BCUT2D eigenvalue weighted by atomic mass is 35.5. The maximum absolute atomic E-state index is 11.5. The number of aromatic nitrogens is 3. The second-order valence-electron chi connectivity index (χ2n) is 9.45. The summed E-state index contributed by atoms with van der Waals surface area (Å²) in [5, 5.41) is 63.4. The van der Waals surface area contributed by atoms with Gasteiger partial charge < -0.3 is 73.9 Å². The minimum Gasteiger partial charge on any atom is -1.00 e. The molecule has 0 aliphatic carbocycles. The highest BCUT2D eigenvalue weighted by Crippen LogP contribution is 2.07. The summed E-state index contributed by atoms with van der Waals surface area (Å²) in [4.78, 5) is 45.9. The summed E-state index contributed by atoms with van der Waals surface area (Å²) in [6.07, 6.45) is 5.62. The number of nitrogens with zero attached hydrogens (tertiary/aromatic N) is 4. The first-order chi connectivity index (χ1) is 24.2. The van der Waals surface area contributed by atoms with Crippen LogP contribution >= 0.6 is 0 Å². The molecule has 0 saturated heterocycles. The molecule has 0 fully saturated rings. The number of halogens is 1. The second-order valence-corrected chi connectivity index (χ2v) is 9.45. The SMILES string of the molecule is CCN(CC)CC.CN[C@@H](CO)C(=O)CC(CO)C(=O)OC.CN[C@@H](CO)C(=O)O.COC(=O)C([NH3+])CO.On1nnc2ccccc21.[2H]C#C.[Cl-]. The van der Waals surface area contributed by atoms with Crippen LogP contribution in [0.3, 0.4) is 0 Å². The molecule has 0 spiro atoms. The highest BCUT2D eigenvalue weighted by Gasteiger charge is 2.25. The Morgan fingerprint density at radius 2 is 1.39 bits per heavy atom. The van der Waals surface area contributed by atoms with Crippen LogP contribution in [0.5, 0.6) is 0 Å². The third-order valence-electron chi connectivity index (χ3n) is 6.38. The predicted octanol–water partition coefficient (Wildman–Crippen LogP) is -6.01. The van der Waals surface area contributed by atoms with Gasteiger partial charge in [-0.2, -0.15) is 0 Å². The van der Waals surface area contributed by atoms with Gasteiger partial charge in [-0.15, -0.1) is 17.9 Å². The minimum atomic E-state index is -1.03. The number of carbonyl (C=O) groups is 4. The minimum absolute atomic E-state index is 0. The number of aliphatic carboxylic acids is 1. The quantitative estimate of drug-likeness (QED) is 0.0464. The van der Waals surface area contributed by atoms with Crippen LogP contribution in [0.1, 0.15) is 28.6 Å². The number of hydrogen-bond donors (Lipinski definition) is 9. The molecule has 1 heterocycles. The second kappa shape index (κ2) is 37.3. The van der Waals surface area contributed by atoms with Gasteiger partial charge in [0.05, 0.1) is 46.0 Å². The average molecular weight is 757 g/mol. The number of carbonyl (C=O) groups excluding carboxylic acids is 3. The molecule has 0 aliphatic heterocycles. The molecule has 0 aliphatic rings. The lowest BCUT2D eigenvalue weighted by molar-refractivity contribution is -0.413. The standard InChI is InChI=1S/C9H17NO5.C6H5N3O.C6H15N.2C4H9NO3.C2H2.ClH/c1-10-7(5-12)8(13)3-6(4-11)9(14)15-2;10-9-6-4-2-1-3-5(6)7-8-9;1-4-7(5-2)6-3;1-8-4(7)3(5)2-6;1-5-3(2-6)4(7)8;1-2;/h6-7,10-12H,3-5H2,1-2H3;1-4,10H;4-6H2,1-3H3;3,6H,2,5H2,1H3;3,5-6H,2H2,1H3,(H,7,8);1-2H;1H/t6?,7-;;;;3-;;/m0...0../s1/i;;;;;1D;. The van der Waals surface area contributed by atoms with Gasteiger partial charge in [-0.25, -0.2) is 4.79 Å². The first kappa shape index (κ1) is 53.8. The van der Waals surface area contributed by atoms with Crippen molar-refractivity contribution in [2.24, 2.45) is 5.92 Å². The molecule has 296 valence electrons. The number of ether oxygens (including phenoxy) is 2. The fourth-order valence-electron chi connectivity index (χ4n) is 3.19. The summed E-state index contributed by atoms with van der Waals surface area (Å²) in [5.41, 5.74) is 4.63. The summed E-state index contributed by atoms with van der Waals surface area (Å²) in [6.45, 7) is 8.72. The molecule has 0 radical (unpaired) electrons. The largest absolute Gasteiger partial charge is 1.00 e. The van der Waals surface area contributed by atoms with Crippen molar-refractivity contribution in [3.63, 3.8) is 0 Å². The lowest BCUT2D eigenvalue weighted by Gasteiger charge is -2.15. The summed E-state index contributed by atoms with van der Waals surface area (Å²) in [6, 6.07) is 5.03. The molecule has 19 nitrogen and oxygen atoms in total. The Morgan fingerprint density at radius 1 is 0.922 bits per heavy atom. The topological polar surface area (TPSA) is 294 Å². The lowest BCUT2D eigenvalue weighted by atomic mass is 10.00. The van der Waals surface area contributed by atoms with Gasteiger partial charge in [0, 0.05) is 6.42 Å². The third kappa shape index (κ3) is 26.5. The number of rotatable bonds is 15. The first-order valence-corrected chi connectivity index (χ1v) is 15.3. The van der Waals surface area contributed by atoms with Gasteiger partial charge in [0.2, 0.25) is 6.04 Å². The van der Waals surface area contributed by atoms with Gasteiger partial charge in [-0.1, -0.05) is 37.7 Å². The maximum Gasteiger partial charge on any atom is 0.366 e.